The van der Waals surface area contributed by atoms with Gasteiger partial charge in [0.15, 0.2) is 0 Å². The first-order valence-corrected chi connectivity index (χ1v) is 7.54. The molecular weight excluding hydrogens is 280 g/mol. The molecule has 0 amide bonds. The number of thiophene rings is 1. The van der Waals surface area contributed by atoms with E-state index in [0.29, 0.717) is 5.25 Å². The highest BCUT2D eigenvalue weighted by Crippen LogP contribution is 2.39. The minimum atomic E-state index is -0.283. The van der Waals surface area contributed by atoms with Gasteiger partial charge in [-0.3, -0.25) is 0 Å². The van der Waals surface area contributed by atoms with Crippen LogP contribution < -0.4 is 0 Å². The predicted octanol–water partition coefficient (Wildman–Crippen LogP) is 3.83. The van der Waals surface area contributed by atoms with Crippen LogP contribution in [0.1, 0.15) is 30.2 Å². The number of aliphatic hydroxyl groups is 1. The Morgan fingerprint density at radius 1 is 1.50 bits per heavy atom. The first-order valence-electron chi connectivity index (χ1n) is 4.81. The normalized spacial score (nSPS) is 24.9. The van der Waals surface area contributed by atoms with Crippen LogP contribution >= 0.6 is 39.0 Å². The SMILES string of the molecule is OC(c1sccc1Br)C1CCCCS1. The average molecular weight is 293 g/mol. The third-order valence-corrected chi connectivity index (χ3v) is 5.87. The fourth-order valence-corrected chi connectivity index (χ4v) is 4.77. The third-order valence-electron chi connectivity index (χ3n) is 2.48. The van der Waals surface area contributed by atoms with Crippen LogP contribution in [0.4, 0.5) is 0 Å². The van der Waals surface area contributed by atoms with E-state index < -0.39 is 0 Å². The number of hydrogen-bond acceptors (Lipinski definition) is 3. The van der Waals surface area contributed by atoms with E-state index in [1.54, 1.807) is 11.3 Å². The molecule has 2 atom stereocenters. The molecule has 1 aromatic heterocycles. The maximum absolute atomic E-state index is 10.2. The van der Waals surface area contributed by atoms with Crippen molar-refractivity contribution in [1.29, 1.82) is 0 Å². The summed E-state index contributed by atoms with van der Waals surface area (Å²) in [6.45, 7) is 0. The van der Waals surface area contributed by atoms with E-state index in [4.69, 9.17) is 0 Å². The van der Waals surface area contributed by atoms with Crippen molar-refractivity contribution >= 4 is 39.0 Å². The summed E-state index contributed by atoms with van der Waals surface area (Å²) < 4.78 is 1.06. The minimum Gasteiger partial charge on any atom is -0.386 e. The van der Waals surface area contributed by atoms with Crippen LogP contribution in [-0.4, -0.2) is 16.1 Å². The van der Waals surface area contributed by atoms with Crippen molar-refractivity contribution in [3.8, 4) is 0 Å². The Bertz CT molecular complexity index is 294. The number of thioether (sulfide) groups is 1. The van der Waals surface area contributed by atoms with E-state index >= 15 is 0 Å². The summed E-state index contributed by atoms with van der Waals surface area (Å²) in [4.78, 5) is 1.09. The second-order valence-electron chi connectivity index (χ2n) is 3.48. The van der Waals surface area contributed by atoms with Gasteiger partial charge in [-0.2, -0.15) is 11.8 Å². The average Bonchev–Trinajstić information content (AvgIpc) is 2.65. The van der Waals surface area contributed by atoms with E-state index in [0.717, 1.165) is 15.8 Å². The maximum atomic E-state index is 10.2. The third kappa shape index (κ3) is 2.35. The molecule has 2 heterocycles. The Kier molecular flexibility index (Phi) is 3.93. The molecule has 0 aliphatic carbocycles. The molecule has 4 heteroatoms. The van der Waals surface area contributed by atoms with Crippen molar-refractivity contribution in [2.45, 2.75) is 30.6 Å². The lowest BCUT2D eigenvalue weighted by Crippen LogP contribution is -2.18. The van der Waals surface area contributed by atoms with Crippen LogP contribution in [0.2, 0.25) is 0 Å². The van der Waals surface area contributed by atoms with Crippen LogP contribution in [0.5, 0.6) is 0 Å². The van der Waals surface area contributed by atoms with Crippen molar-refractivity contribution in [3.63, 3.8) is 0 Å². The second kappa shape index (κ2) is 5.01. The smallest absolute Gasteiger partial charge is 0.101 e. The fraction of sp³-hybridized carbons (Fsp3) is 0.600. The van der Waals surface area contributed by atoms with Crippen molar-refractivity contribution in [2.75, 3.05) is 5.75 Å². The van der Waals surface area contributed by atoms with Crippen LogP contribution in [0.15, 0.2) is 15.9 Å². The highest BCUT2D eigenvalue weighted by Gasteiger charge is 2.25. The molecule has 0 saturated carbocycles. The number of aliphatic hydroxyl groups excluding tert-OH is 1. The minimum absolute atomic E-state index is 0.283. The number of halogens is 1. The summed E-state index contributed by atoms with van der Waals surface area (Å²) in [5.41, 5.74) is 0. The lowest BCUT2D eigenvalue weighted by Gasteiger charge is -2.25. The second-order valence-corrected chi connectivity index (χ2v) is 6.63. The zero-order valence-corrected chi connectivity index (χ0v) is 11.0. The summed E-state index contributed by atoms with van der Waals surface area (Å²) in [6, 6.07) is 2.01. The van der Waals surface area contributed by atoms with Crippen molar-refractivity contribution in [2.24, 2.45) is 0 Å². The largest absolute Gasteiger partial charge is 0.386 e. The molecule has 1 nitrogen and oxygen atoms in total. The van der Waals surface area contributed by atoms with Crippen LogP contribution in [0.25, 0.3) is 0 Å². The molecule has 1 N–H and O–H groups in total. The lowest BCUT2D eigenvalue weighted by molar-refractivity contribution is 0.172. The molecule has 1 aliphatic rings. The Morgan fingerprint density at radius 2 is 2.36 bits per heavy atom. The topological polar surface area (TPSA) is 20.2 Å². The van der Waals surface area contributed by atoms with Gasteiger partial charge in [-0.1, -0.05) is 6.42 Å². The van der Waals surface area contributed by atoms with Gasteiger partial charge in [-0.25, -0.2) is 0 Å². The standard InChI is InChI=1S/C10H13BrOS2/c11-7-4-6-14-10(7)9(12)8-3-1-2-5-13-8/h4,6,8-9,12H,1-3,5H2. The van der Waals surface area contributed by atoms with Gasteiger partial charge < -0.3 is 5.11 Å². The zero-order chi connectivity index (χ0) is 9.97. The quantitative estimate of drug-likeness (QED) is 0.894. The van der Waals surface area contributed by atoms with E-state index in [2.05, 4.69) is 15.9 Å². The van der Waals surface area contributed by atoms with Crippen molar-refractivity contribution in [3.05, 3.63) is 20.8 Å². The lowest BCUT2D eigenvalue weighted by atomic mass is 10.1. The first kappa shape index (κ1) is 11.0. The molecule has 1 aromatic rings. The summed E-state index contributed by atoms with van der Waals surface area (Å²) in [5.74, 6) is 1.20. The molecular formula is C10H13BrOS2. The molecule has 2 unspecified atom stereocenters. The highest BCUT2D eigenvalue weighted by atomic mass is 79.9. The van der Waals surface area contributed by atoms with Gasteiger partial charge >= 0.3 is 0 Å². The molecule has 0 spiro atoms. The summed E-state index contributed by atoms with van der Waals surface area (Å²) in [5, 5.41) is 12.6. The van der Waals surface area contributed by atoms with Gasteiger partial charge in [0.1, 0.15) is 6.10 Å². The Morgan fingerprint density at radius 3 is 2.93 bits per heavy atom. The first-order chi connectivity index (χ1) is 6.79. The van der Waals surface area contributed by atoms with Crippen molar-refractivity contribution in [1.82, 2.24) is 0 Å². The molecule has 1 aliphatic heterocycles. The molecule has 2 rings (SSSR count). The summed E-state index contributed by atoms with van der Waals surface area (Å²) in [6.07, 6.45) is 3.43. The molecule has 0 radical (unpaired) electrons. The zero-order valence-electron chi connectivity index (χ0n) is 7.78. The van der Waals surface area contributed by atoms with E-state index in [-0.39, 0.29) is 6.10 Å². The van der Waals surface area contributed by atoms with E-state index in [9.17, 15) is 5.11 Å². The Hall–Kier alpha value is 0.490. The van der Waals surface area contributed by atoms with E-state index in [1.807, 2.05) is 23.2 Å². The number of rotatable bonds is 2. The summed E-state index contributed by atoms with van der Waals surface area (Å²) in [7, 11) is 0. The molecule has 0 aromatic carbocycles. The monoisotopic (exact) mass is 292 g/mol. The van der Waals surface area contributed by atoms with Gasteiger partial charge in [0.2, 0.25) is 0 Å². The van der Waals surface area contributed by atoms with Crippen LogP contribution in [0, 0.1) is 0 Å². The number of hydrogen-bond donors (Lipinski definition) is 1. The van der Waals surface area contributed by atoms with Gasteiger partial charge in [0, 0.05) is 14.6 Å². The maximum Gasteiger partial charge on any atom is 0.101 e. The highest BCUT2D eigenvalue weighted by molar-refractivity contribution is 9.10. The van der Waals surface area contributed by atoms with Crippen LogP contribution in [-0.2, 0) is 0 Å². The van der Waals surface area contributed by atoms with E-state index in [1.165, 1.54) is 18.6 Å². The van der Waals surface area contributed by atoms with Gasteiger partial charge in [-0.05, 0) is 46.0 Å². The van der Waals surface area contributed by atoms with Crippen molar-refractivity contribution < 1.29 is 5.11 Å². The summed E-state index contributed by atoms with van der Waals surface area (Å²) >= 11 is 7.03. The van der Waals surface area contributed by atoms with Gasteiger partial charge in [0.25, 0.3) is 0 Å². The Labute approximate surface area is 101 Å². The predicted molar refractivity (Wildman–Crippen MR) is 67.1 cm³/mol. The van der Waals surface area contributed by atoms with Gasteiger partial charge in [0.05, 0.1) is 0 Å². The molecule has 78 valence electrons. The molecule has 0 bridgehead atoms. The fourth-order valence-electron chi connectivity index (χ4n) is 1.70. The Balaban J connectivity index is 2.07. The molecule has 14 heavy (non-hydrogen) atoms. The van der Waals surface area contributed by atoms with Crippen LogP contribution in [0.3, 0.4) is 0 Å². The van der Waals surface area contributed by atoms with Gasteiger partial charge in [-0.15, -0.1) is 11.3 Å². The molecule has 1 saturated heterocycles. The molecule has 1 fully saturated rings.